The normalized spacial score (nSPS) is 10.8. The van der Waals surface area contributed by atoms with Gasteiger partial charge in [0, 0.05) is 37.2 Å². The first-order valence-corrected chi connectivity index (χ1v) is 6.35. The maximum Gasteiger partial charge on any atom is 0.254 e. The van der Waals surface area contributed by atoms with E-state index in [4.69, 9.17) is 0 Å². The maximum atomic E-state index is 4.32. The molecule has 3 rings (SSSR count). The predicted octanol–water partition coefficient (Wildman–Crippen LogP) is 2.24. The van der Waals surface area contributed by atoms with Crippen molar-refractivity contribution in [2.75, 3.05) is 24.3 Å². The Hall–Kier alpha value is -2.63. The zero-order chi connectivity index (χ0) is 14.1. The van der Waals surface area contributed by atoms with Gasteiger partial charge in [-0.05, 0) is 31.2 Å². The van der Waals surface area contributed by atoms with Crippen molar-refractivity contribution in [3.05, 3.63) is 42.4 Å². The van der Waals surface area contributed by atoms with Crippen molar-refractivity contribution in [3.8, 4) is 0 Å². The molecule has 6 nitrogen and oxygen atoms in total. The zero-order valence-electron chi connectivity index (χ0n) is 11.7. The van der Waals surface area contributed by atoms with Gasteiger partial charge in [-0.15, -0.1) is 0 Å². The molecule has 0 aliphatic heterocycles. The molecule has 0 fully saturated rings. The molecule has 3 aromatic rings. The second-order valence-corrected chi connectivity index (χ2v) is 4.82. The minimum atomic E-state index is 0.595. The summed E-state index contributed by atoms with van der Waals surface area (Å²) in [6, 6.07) is 10.1. The third-order valence-corrected chi connectivity index (χ3v) is 3.04. The van der Waals surface area contributed by atoms with E-state index >= 15 is 0 Å². The zero-order valence-corrected chi connectivity index (χ0v) is 11.7. The lowest BCUT2D eigenvalue weighted by Gasteiger charge is -2.13. The fraction of sp³-hybridized carbons (Fsp3) is 0.214. The molecule has 102 valence electrons. The van der Waals surface area contributed by atoms with Crippen LogP contribution in [0.15, 0.2) is 36.7 Å². The first-order chi connectivity index (χ1) is 9.63. The fourth-order valence-electron chi connectivity index (χ4n) is 2.01. The first kappa shape index (κ1) is 12.4. The highest BCUT2D eigenvalue weighted by atomic mass is 15.3. The minimum Gasteiger partial charge on any atom is -0.378 e. The number of nitrogens with one attached hydrogen (secondary N) is 1. The molecule has 0 unspecified atom stereocenters. The van der Waals surface area contributed by atoms with E-state index in [0.29, 0.717) is 5.78 Å². The van der Waals surface area contributed by atoms with Gasteiger partial charge in [0.05, 0.1) is 0 Å². The number of anilines is 3. The van der Waals surface area contributed by atoms with E-state index in [0.717, 1.165) is 22.9 Å². The Kier molecular flexibility index (Phi) is 2.98. The molecule has 6 heteroatoms. The smallest absolute Gasteiger partial charge is 0.254 e. The van der Waals surface area contributed by atoms with Crippen LogP contribution in [-0.2, 0) is 0 Å². The molecule has 0 saturated carbocycles. The molecule has 0 bridgehead atoms. The lowest BCUT2D eigenvalue weighted by atomic mass is 10.2. The van der Waals surface area contributed by atoms with Gasteiger partial charge in [0.25, 0.3) is 5.78 Å². The van der Waals surface area contributed by atoms with Gasteiger partial charge < -0.3 is 10.2 Å². The van der Waals surface area contributed by atoms with Gasteiger partial charge in [-0.25, -0.2) is 4.98 Å². The molecule has 2 aromatic heterocycles. The molecule has 0 spiro atoms. The molecule has 0 saturated heterocycles. The van der Waals surface area contributed by atoms with E-state index in [-0.39, 0.29) is 0 Å². The third-order valence-electron chi connectivity index (χ3n) is 3.04. The number of rotatable bonds is 3. The SMILES string of the molecule is Cc1cc(Nc2ccc(N(C)C)cc2)n2ncnc2n1. The summed E-state index contributed by atoms with van der Waals surface area (Å²) in [4.78, 5) is 10.5. The molecule has 0 aliphatic rings. The average Bonchev–Trinajstić information content (AvgIpc) is 2.87. The quantitative estimate of drug-likeness (QED) is 0.789. The number of hydrogen-bond acceptors (Lipinski definition) is 5. The molecule has 2 heterocycles. The lowest BCUT2D eigenvalue weighted by Crippen LogP contribution is -2.08. The fourth-order valence-corrected chi connectivity index (χ4v) is 2.01. The van der Waals surface area contributed by atoms with E-state index in [1.54, 1.807) is 4.52 Å². The van der Waals surface area contributed by atoms with Crippen LogP contribution in [0.4, 0.5) is 17.2 Å². The summed E-state index contributed by atoms with van der Waals surface area (Å²) in [5.74, 6) is 1.44. The van der Waals surface area contributed by atoms with E-state index in [9.17, 15) is 0 Å². The third kappa shape index (κ3) is 2.27. The monoisotopic (exact) mass is 268 g/mol. The largest absolute Gasteiger partial charge is 0.378 e. The van der Waals surface area contributed by atoms with Crippen LogP contribution < -0.4 is 10.2 Å². The van der Waals surface area contributed by atoms with E-state index in [1.807, 2.05) is 39.2 Å². The summed E-state index contributed by atoms with van der Waals surface area (Å²) < 4.78 is 1.69. The van der Waals surface area contributed by atoms with Gasteiger partial charge >= 0.3 is 0 Å². The van der Waals surface area contributed by atoms with Crippen LogP contribution in [0, 0.1) is 6.92 Å². The Labute approximate surface area is 117 Å². The van der Waals surface area contributed by atoms with Gasteiger partial charge in [-0.2, -0.15) is 14.6 Å². The summed E-state index contributed by atoms with van der Waals surface area (Å²) in [7, 11) is 4.04. The molecule has 20 heavy (non-hydrogen) atoms. The minimum absolute atomic E-state index is 0.595. The summed E-state index contributed by atoms with van der Waals surface area (Å²) in [5.41, 5.74) is 3.06. The summed E-state index contributed by atoms with van der Waals surface area (Å²) in [6.07, 6.45) is 1.50. The summed E-state index contributed by atoms with van der Waals surface area (Å²) in [6.45, 7) is 1.94. The number of aryl methyl sites for hydroxylation is 1. The Morgan fingerprint density at radius 3 is 2.60 bits per heavy atom. The number of benzene rings is 1. The highest BCUT2D eigenvalue weighted by Gasteiger charge is 2.06. The highest BCUT2D eigenvalue weighted by molar-refractivity contribution is 5.62. The number of fused-ring (bicyclic) bond motifs is 1. The van der Waals surface area contributed by atoms with Crippen molar-refractivity contribution >= 4 is 23.0 Å². The summed E-state index contributed by atoms with van der Waals surface area (Å²) >= 11 is 0. The van der Waals surface area contributed by atoms with Gasteiger partial charge in [-0.1, -0.05) is 0 Å². The second-order valence-electron chi connectivity index (χ2n) is 4.82. The molecule has 0 aliphatic carbocycles. The number of nitrogens with zero attached hydrogens (tertiary/aromatic N) is 5. The average molecular weight is 268 g/mol. The van der Waals surface area contributed by atoms with E-state index in [2.05, 4.69) is 37.4 Å². The van der Waals surface area contributed by atoms with Gasteiger partial charge in [0.1, 0.15) is 12.1 Å². The van der Waals surface area contributed by atoms with E-state index in [1.165, 1.54) is 6.33 Å². The van der Waals surface area contributed by atoms with Crippen LogP contribution in [0.2, 0.25) is 0 Å². The van der Waals surface area contributed by atoms with Crippen molar-refractivity contribution in [1.29, 1.82) is 0 Å². The van der Waals surface area contributed by atoms with Gasteiger partial charge in [-0.3, -0.25) is 0 Å². The molecule has 0 radical (unpaired) electrons. The van der Waals surface area contributed by atoms with Crippen LogP contribution in [0.25, 0.3) is 5.78 Å². The Morgan fingerprint density at radius 1 is 1.15 bits per heavy atom. The predicted molar refractivity (Wildman–Crippen MR) is 79.6 cm³/mol. The van der Waals surface area contributed by atoms with Crippen molar-refractivity contribution < 1.29 is 0 Å². The molecule has 1 N–H and O–H groups in total. The Morgan fingerprint density at radius 2 is 1.90 bits per heavy atom. The maximum absolute atomic E-state index is 4.32. The Balaban J connectivity index is 1.94. The molecule has 0 atom stereocenters. The van der Waals surface area contributed by atoms with Crippen LogP contribution in [0.5, 0.6) is 0 Å². The molecular formula is C14H16N6. The van der Waals surface area contributed by atoms with Crippen molar-refractivity contribution in [2.45, 2.75) is 6.92 Å². The van der Waals surface area contributed by atoms with Crippen molar-refractivity contribution in [1.82, 2.24) is 19.6 Å². The first-order valence-electron chi connectivity index (χ1n) is 6.35. The van der Waals surface area contributed by atoms with Crippen LogP contribution in [0.1, 0.15) is 5.69 Å². The summed E-state index contributed by atoms with van der Waals surface area (Å²) in [5, 5.41) is 7.52. The number of aromatic nitrogens is 4. The molecule has 1 aromatic carbocycles. The highest BCUT2D eigenvalue weighted by Crippen LogP contribution is 2.20. The molecule has 0 amide bonds. The van der Waals surface area contributed by atoms with Gasteiger partial charge in [0.2, 0.25) is 0 Å². The number of hydrogen-bond donors (Lipinski definition) is 1. The van der Waals surface area contributed by atoms with Crippen molar-refractivity contribution in [3.63, 3.8) is 0 Å². The van der Waals surface area contributed by atoms with Crippen LogP contribution >= 0.6 is 0 Å². The van der Waals surface area contributed by atoms with E-state index < -0.39 is 0 Å². The topological polar surface area (TPSA) is 58.4 Å². The van der Waals surface area contributed by atoms with Crippen LogP contribution in [-0.4, -0.2) is 33.7 Å². The lowest BCUT2D eigenvalue weighted by molar-refractivity contribution is 0.937. The second kappa shape index (κ2) is 4.80. The van der Waals surface area contributed by atoms with Crippen LogP contribution in [0.3, 0.4) is 0 Å². The van der Waals surface area contributed by atoms with Gasteiger partial charge in [0.15, 0.2) is 0 Å². The standard InChI is InChI=1S/C14H16N6/c1-10-8-13(20-14(17-10)15-9-16-20)18-11-4-6-12(7-5-11)19(2)3/h4-9,18H,1-3H3. The molecular weight excluding hydrogens is 252 g/mol. The van der Waals surface area contributed by atoms with Crippen molar-refractivity contribution in [2.24, 2.45) is 0 Å². The Bertz CT molecular complexity index is 729.